The normalized spacial score (nSPS) is 11.4. The van der Waals surface area contributed by atoms with Crippen LogP contribution in [0.4, 0.5) is 15.8 Å². The molecule has 0 atom stereocenters. The maximum atomic E-state index is 13.7. The number of sulfonamides is 1. The van der Waals surface area contributed by atoms with E-state index < -0.39 is 20.9 Å². The SMILES string of the molecule is CN(c1ccc(N)cc1)S(=O)(=O)c1ccc(Cl)c(F)c1Cl. The van der Waals surface area contributed by atoms with Gasteiger partial charge in [0.25, 0.3) is 10.0 Å². The van der Waals surface area contributed by atoms with Gasteiger partial charge in [0.05, 0.1) is 15.7 Å². The molecule has 0 saturated carbocycles. The average Bonchev–Trinajstić information content (AvgIpc) is 2.44. The molecule has 2 aromatic rings. The molecular weight excluding hydrogens is 338 g/mol. The van der Waals surface area contributed by atoms with Crippen LogP contribution < -0.4 is 10.0 Å². The largest absolute Gasteiger partial charge is 0.399 e. The first-order chi connectivity index (χ1) is 9.75. The summed E-state index contributed by atoms with van der Waals surface area (Å²) in [6.45, 7) is 0. The quantitative estimate of drug-likeness (QED) is 0.681. The highest BCUT2D eigenvalue weighted by atomic mass is 35.5. The second-order valence-electron chi connectivity index (χ2n) is 4.24. The van der Waals surface area contributed by atoms with Gasteiger partial charge in [-0.05, 0) is 36.4 Å². The number of nitrogens with zero attached hydrogens (tertiary/aromatic N) is 1. The van der Waals surface area contributed by atoms with Gasteiger partial charge in [0.2, 0.25) is 0 Å². The fraction of sp³-hybridized carbons (Fsp3) is 0.0769. The maximum Gasteiger partial charge on any atom is 0.265 e. The second kappa shape index (κ2) is 5.71. The second-order valence-corrected chi connectivity index (χ2v) is 6.96. The van der Waals surface area contributed by atoms with Crippen LogP contribution in [0.5, 0.6) is 0 Å². The van der Waals surface area contributed by atoms with E-state index >= 15 is 0 Å². The molecule has 0 heterocycles. The highest BCUT2D eigenvalue weighted by Gasteiger charge is 2.26. The summed E-state index contributed by atoms with van der Waals surface area (Å²) >= 11 is 11.3. The van der Waals surface area contributed by atoms with Crippen LogP contribution in [0.15, 0.2) is 41.3 Å². The lowest BCUT2D eigenvalue weighted by molar-refractivity contribution is 0.589. The zero-order valence-corrected chi connectivity index (χ0v) is 13.2. The van der Waals surface area contributed by atoms with Gasteiger partial charge in [-0.15, -0.1) is 0 Å². The Balaban J connectivity index is 2.52. The van der Waals surface area contributed by atoms with Crippen molar-refractivity contribution in [1.82, 2.24) is 0 Å². The molecule has 0 aliphatic rings. The van der Waals surface area contributed by atoms with Gasteiger partial charge in [-0.3, -0.25) is 4.31 Å². The third-order valence-corrected chi connectivity index (χ3v) is 5.50. The molecule has 0 spiro atoms. The van der Waals surface area contributed by atoms with E-state index in [9.17, 15) is 12.8 Å². The molecule has 0 saturated heterocycles. The monoisotopic (exact) mass is 348 g/mol. The lowest BCUT2D eigenvalue weighted by Crippen LogP contribution is -2.27. The van der Waals surface area contributed by atoms with Crippen LogP contribution in [0.25, 0.3) is 0 Å². The van der Waals surface area contributed by atoms with Gasteiger partial charge in [-0.1, -0.05) is 23.2 Å². The van der Waals surface area contributed by atoms with Crippen molar-refractivity contribution in [3.05, 3.63) is 52.3 Å². The molecule has 4 nitrogen and oxygen atoms in total. The van der Waals surface area contributed by atoms with Crippen LogP contribution in [0.3, 0.4) is 0 Å². The number of halogens is 3. The van der Waals surface area contributed by atoms with E-state index in [4.69, 9.17) is 28.9 Å². The van der Waals surface area contributed by atoms with Gasteiger partial charge in [-0.2, -0.15) is 0 Å². The minimum Gasteiger partial charge on any atom is -0.399 e. The Morgan fingerprint density at radius 2 is 1.67 bits per heavy atom. The molecule has 0 aliphatic heterocycles. The fourth-order valence-corrected chi connectivity index (χ4v) is 3.59. The minimum absolute atomic E-state index is 0.242. The molecule has 2 rings (SSSR count). The van der Waals surface area contributed by atoms with Crippen LogP contribution in [-0.2, 0) is 10.0 Å². The van der Waals surface area contributed by atoms with Crippen LogP contribution in [0, 0.1) is 5.82 Å². The molecule has 2 N–H and O–H groups in total. The Morgan fingerprint density at radius 3 is 2.24 bits per heavy atom. The smallest absolute Gasteiger partial charge is 0.265 e. The summed E-state index contributed by atoms with van der Waals surface area (Å²) in [7, 11) is -2.68. The first-order valence-electron chi connectivity index (χ1n) is 5.73. The van der Waals surface area contributed by atoms with Gasteiger partial charge >= 0.3 is 0 Å². The summed E-state index contributed by atoms with van der Waals surface area (Å²) in [5.74, 6) is -0.967. The van der Waals surface area contributed by atoms with Gasteiger partial charge in [0.15, 0.2) is 5.82 Å². The number of rotatable bonds is 3. The van der Waals surface area contributed by atoms with Crippen LogP contribution >= 0.6 is 23.2 Å². The standard InChI is InChI=1S/C13H11Cl2FN2O2S/c1-18(9-4-2-8(17)3-5-9)21(19,20)11-7-6-10(14)13(16)12(11)15/h2-7H,17H2,1H3. The molecule has 0 bridgehead atoms. The number of hydrogen-bond acceptors (Lipinski definition) is 3. The summed E-state index contributed by atoms with van der Waals surface area (Å²) in [6.07, 6.45) is 0. The lowest BCUT2D eigenvalue weighted by Gasteiger charge is -2.20. The van der Waals surface area contributed by atoms with Crippen molar-refractivity contribution in [2.24, 2.45) is 0 Å². The molecule has 0 amide bonds. The van der Waals surface area contributed by atoms with Crippen molar-refractivity contribution in [3.63, 3.8) is 0 Å². The average molecular weight is 349 g/mol. The van der Waals surface area contributed by atoms with Crippen molar-refractivity contribution in [2.45, 2.75) is 4.90 Å². The Hall–Kier alpha value is -1.50. The van der Waals surface area contributed by atoms with Gasteiger partial charge in [-0.25, -0.2) is 12.8 Å². The summed E-state index contributed by atoms with van der Waals surface area (Å²) < 4.78 is 39.7. The lowest BCUT2D eigenvalue weighted by atomic mass is 10.3. The highest BCUT2D eigenvalue weighted by Crippen LogP contribution is 2.32. The van der Waals surface area contributed by atoms with Crippen molar-refractivity contribution >= 4 is 44.6 Å². The molecule has 0 unspecified atom stereocenters. The number of benzene rings is 2. The predicted molar refractivity (Wildman–Crippen MR) is 82.9 cm³/mol. The zero-order valence-electron chi connectivity index (χ0n) is 10.8. The number of nitrogen functional groups attached to an aromatic ring is 1. The third-order valence-electron chi connectivity index (χ3n) is 2.89. The Labute approximate surface area is 131 Å². The van der Waals surface area contributed by atoms with E-state index in [1.807, 2.05) is 0 Å². The third kappa shape index (κ3) is 2.92. The van der Waals surface area contributed by atoms with E-state index in [0.29, 0.717) is 11.4 Å². The van der Waals surface area contributed by atoms with E-state index in [1.54, 1.807) is 12.1 Å². The van der Waals surface area contributed by atoms with E-state index in [2.05, 4.69) is 0 Å². The molecule has 0 aromatic heterocycles. The minimum atomic E-state index is -4.01. The molecule has 21 heavy (non-hydrogen) atoms. The predicted octanol–water partition coefficient (Wildman–Crippen LogP) is 3.54. The molecule has 0 radical (unpaired) electrons. The first-order valence-corrected chi connectivity index (χ1v) is 7.92. The van der Waals surface area contributed by atoms with Crippen LogP contribution in [0.1, 0.15) is 0 Å². The first kappa shape index (κ1) is 15.9. The highest BCUT2D eigenvalue weighted by molar-refractivity contribution is 7.93. The van der Waals surface area contributed by atoms with Crippen LogP contribution in [0.2, 0.25) is 10.0 Å². The van der Waals surface area contributed by atoms with Crippen LogP contribution in [-0.4, -0.2) is 15.5 Å². The summed E-state index contributed by atoms with van der Waals surface area (Å²) in [5, 5.41) is -0.779. The summed E-state index contributed by atoms with van der Waals surface area (Å²) in [6, 6.07) is 8.50. The fourth-order valence-electron chi connectivity index (χ4n) is 1.68. The molecule has 0 fully saturated rings. The zero-order chi connectivity index (χ0) is 15.8. The Bertz CT molecular complexity index is 780. The van der Waals surface area contributed by atoms with Crippen molar-refractivity contribution < 1.29 is 12.8 Å². The van der Waals surface area contributed by atoms with Gasteiger partial charge < -0.3 is 5.73 Å². The molecule has 2 aromatic carbocycles. The summed E-state index contributed by atoms with van der Waals surface area (Å²) in [5.41, 5.74) is 6.43. The maximum absolute atomic E-state index is 13.7. The van der Waals surface area contributed by atoms with Gasteiger partial charge in [0, 0.05) is 12.7 Å². The van der Waals surface area contributed by atoms with Crippen molar-refractivity contribution in [2.75, 3.05) is 17.1 Å². The summed E-state index contributed by atoms with van der Waals surface area (Å²) in [4.78, 5) is -0.356. The Morgan fingerprint density at radius 1 is 1.10 bits per heavy atom. The number of nitrogens with two attached hydrogens (primary N) is 1. The number of hydrogen-bond donors (Lipinski definition) is 1. The molecule has 0 aliphatic carbocycles. The van der Waals surface area contributed by atoms with Crippen molar-refractivity contribution in [1.29, 1.82) is 0 Å². The van der Waals surface area contributed by atoms with Crippen molar-refractivity contribution in [3.8, 4) is 0 Å². The molecule has 8 heteroatoms. The Kier molecular flexibility index (Phi) is 4.32. The number of anilines is 2. The molecule has 112 valence electrons. The van der Waals surface area contributed by atoms with E-state index in [0.717, 1.165) is 16.4 Å². The van der Waals surface area contributed by atoms with E-state index in [1.165, 1.54) is 19.2 Å². The van der Waals surface area contributed by atoms with E-state index in [-0.39, 0.29) is 9.92 Å². The topological polar surface area (TPSA) is 63.4 Å². The van der Waals surface area contributed by atoms with Gasteiger partial charge in [0.1, 0.15) is 4.90 Å². The molecular formula is C13H11Cl2FN2O2S.